The Balaban J connectivity index is 3.00. The lowest BCUT2D eigenvalue weighted by Gasteiger charge is -2.15. The highest BCUT2D eigenvalue weighted by Gasteiger charge is 2.37. The van der Waals surface area contributed by atoms with Crippen molar-refractivity contribution in [3.05, 3.63) is 36.5 Å². The van der Waals surface area contributed by atoms with E-state index in [0.717, 1.165) is 4.90 Å². The first kappa shape index (κ1) is 11.4. The fraction of sp³-hybridized carbons (Fsp3) is 0.273. The molecule has 1 atom stereocenters. The number of allylic oxidation sites excluding steroid dienone is 2. The van der Waals surface area contributed by atoms with Crippen molar-refractivity contribution in [2.45, 2.75) is 13.0 Å². The number of nitrogens with two attached hydrogens (primary N) is 1. The molecule has 2 N–H and O–H groups in total. The van der Waals surface area contributed by atoms with Crippen molar-refractivity contribution in [1.29, 1.82) is 0 Å². The molecule has 1 heterocycles. The molecule has 1 aliphatic heterocycles. The van der Waals surface area contributed by atoms with Crippen molar-refractivity contribution in [2.75, 3.05) is 6.54 Å². The summed E-state index contributed by atoms with van der Waals surface area (Å²) < 4.78 is 0. The van der Waals surface area contributed by atoms with E-state index < -0.39 is 0 Å². The van der Waals surface area contributed by atoms with E-state index in [1.165, 1.54) is 12.2 Å². The Kier molecular flexibility index (Phi) is 3.21. The number of imide groups is 1. The van der Waals surface area contributed by atoms with E-state index >= 15 is 0 Å². The van der Waals surface area contributed by atoms with Crippen molar-refractivity contribution in [1.82, 2.24) is 4.90 Å². The zero-order valence-corrected chi connectivity index (χ0v) is 8.69. The van der Waals surface area contributed by atoms with Gasteiger partial charge in [-0.25, -0.2) is 0 Å². The summed E-state index contributed by atoms with van der Waals surface area (Å²) in [6.45, 7) is 9.00. The summed E-state index contributed by atoms with van der Waals surface area (Å²) in [6.07, 6.45) is 2.95. The molecule has 0 unspecified atom stereocenters. The van der Waals surface area contributed by atoms with Crippen LogP contribution in [0.2, 0.25) is 0 Å². The lowest BCUT2D eigenvalue weighted by Crippen LogP contribution is -2.39. The highest BCUT2D eigenvalue weighted by molar-refractivity contribution is 6.24. The maximum Gasteiger partial charge on any atom is 0.261 e. The third-order valence-electron chi connectivity index (χ3n) is 2.06. The van der Waals surface area contributed by atoms with Gasteiger partial charge < -0.3 is 5.73 Å². The van der Waals surface area contributed by atoms with Gasteiger partial charge in [0.05, 0.1) is 5.57 Å². The van der Waals surface area contributed by atoms with Crippen molar-refractivity contribution < 1.29 is 9.59 Å². The molecule has 1 fully saturated rings. The number of carbonyl (C=O) groups excluding carboxylic acids is 2. The normalized spacial score (nSPS) is 21.3. The summed E-state index contributed by atoms with van der Waals surface area (Å²) in [6, 6.07) is -0.242. The van der Waals surface area contributed by atoms with Gasteiger partial charge in [-0.2, -0.15) is 0 Å². The molecule has 1 aliphatic rings. The van der Waals surface area contributed by atoms with Gasteiger partial charge in [0.2, 0.25) is 0 Å². The predicted molar refractivity (Wildman–Crippen MR) is 57.8 cm³/mol. The smallest absolute Gasteiger partial charge is 0.261 e. The van der Waals surface area contributed by atoms with E-state index in [4.69, 9.17) is 5.73 Å². The molecule has 0 aromatic heterocycles. The predicted octanol–water partition coefficient (Wildman–Crippen LogP) is 0.371. The van der Waals surface area contributed by atoms with Crippen LogP contribution in [0.1, 0.15) is 6.92 Å². The molecule has 0 spiro atoms. The van der Waals surface area contributed by atoms with Crippen molar-refractivity contribution >= 4 is 11.8 Å². The zero-order valence-electron chi connectivity index (χ0n) is 8.69. The lowest BCUT2D eigenvalue weighted by molar-refractivity contribution is -0.136. The van der Waals surface area contributed by atoms with Crippen LogP contribution in [0.15, 0.2) is 36.5 Å². The summed E-state index contributed by atoms with van der Waals surface area (Å²) in [5, 5.41) is 0. The second-order valence-corrected chi connectivity index (χ2v) is 3.49. The minimum absolute atomic E-state index is 0.209. The first-order valence-corrected chi connectivity index (χ1v) is 4.62. The van der Waals surface area contributed by atoms with Crippen LogP contribution in [-0.4, -0.2) is 29.3 Å². The molecule has 0 aromatic rings. The number of carbonyl (C=O) groups is 2. The maximum absolute atomic E-state index is 11.7. The Bertz CT molecular complexity index is 367. The Morgan fingerprint density at radius 1 is 1.47 bits per heavy atom. The molecule has 80 valence electrons. The van der Waals surface area contributed by atoms with Gasteiger partial charge in [-0.05, 0) is 13.0 Å². The largest absolute Gasteiger partial charge is 0.326 e. The molecule has 0 radical (unpaired) electrons. The molecular weight excluding hydrogens is 192 g/mol. The topological polar surface area (TPSA) is 63.4 Å². The van der Waals surface area contributed by atoms with Crippen LogP contribution in [0.4, 0.5) is 0 Å². The van der Waals surface area contributed by atoms with E-state index in [9.17, 15) is 9.59 Å². The molecule has 1 saturated heterocycles. The third kappa shape index (κ3) is 2.05. The maximum atomic E-state index is 11.7. The monoisotopic (exact) mass is 206 g/mol. The molecule has 0 saturated carbocycles. The summed E-state index contributed by atoms with van der Waals surface area (Å²) >= 11 is 0. The number of likely N-dealkylation sites (tertiary alicyclic amines) is 1. The van der Waals surface area contributed by atoms with Crippen molar-refractivity contribution in [2.24, 2.45) is 5.73 Å². The minimum Gasteiger partial charge on any atom is -0.326 e. The van der Waals surface area contributed by atoms with Gasteiger partial charge in [-0.1, -0.05) is 19.2 Å². The highest BCUT2D eigenvalue weighted by Crippen LogP contribution is 2.23. The van der Waals surface area contributed by atoms with Crippen molar-refractivity contribution in [3.8, 4) is 0 Å². The summed E-state index contributed by atoms with van der Waals surface area (Å²) in [4.78, 5) is 24.4. The van der Waals surface area contributed by atoms with Crippen LogP contribution in [0, 0.1) is 0 Å². The van der Waals surface area contributed by atoms with Gasteiger partial charge in [0.15, 0.2) is 0 Å². The van der Waals surface area contributed by atoms with Gasteiger partial charge in [-0.3, -0.25) is 14.5 Å². The molecule has 0 aromatic carbocycles. The third-order valence-corrected chi connectivity index (χ3v) is 2.06. The molecule has 2 amide bonds. The van der Waals surface area contributed by atoms with E-state index in [1.807, 2.05) is 0 Å². The zero-order chi connectivity index (χ0) is 11.6. The van der Waals surface area contributed by atoms with E-state index in [2.05, 4.69) is 13.2 Å². The first-order chi connectivity index (χ1) is 6.99. The summed E-state index contributed by atoms with van der Waals surface area (Å²) in [7, 11) is 0. The SMILES string of the molecule is C=C/C=C1\C(=C)C(=O)N(C[C@@H](C)N)C1=O. The minimum atomic E-state index is -0.370. The van der Waals surface area contributed by atoms with Crippen LogP contribution in [0.5, 0.6) is 0 Å². The molecule has 0 aliphatic carbocycles. The van der Waals surface area contributed by atoms with Crippen LogP contribution in [-0.2, 0) is 9.59 Å². The van der Waals surface area contributed by atoms with Crippen LogP contribution in [0.3, 0.4) is 0 Å². The molecule has 1 rings (SSSR count). The molecular formula is C11H14N2O2. The Morgan fingerprint density at radius 2 is 2.07 bits per heavy atom. The number of hydrogen-bond acceptors (Lipinski definition) is 3. The van der Waals surface area contributed by atoms with Crippen LogP contribution >= 0.6 is 0 Å². The van der Waals surface area contributed by atoms with E-state index in [1.54, 1.807) is 6.92 Å². The lowest BCUT2D eigenvalue weighted by atomic mass is 10.1. The number of hydrogen-bond donors (Lipinski definition) is 1. The Hall–Kier alpha value is -1.68. The van der Waals surface area contributed by atoms with Crippen molar-refractivity contribution in [3.63, 3.8) is 0 Å². The number of nitrogens with zero attached hydrogens (tertiary/aromatic N) is 1. The molecule has 0 bridgehead atoms. The van der Waals surface area contributed by atoms with E-state index in [0.29, 0.717) is 5.57 Å². The first-order valence-electron chi connectivity index (χ1n) is 4.62. The number of amides is 2. The van der Waals surface area contributed by atoms with Gasteiger partial charge in [0, 0.05) is 18.2 Å². The van der Waals surface area contributed by atoms with Gasteiger partial charge in [0.1, 0.15) is 0 Å². The standard InChI is InChI=1S/C11H14N2O2/c1-4-5-9-8(3)10(14)13(11(9)15)6-7(2)12/h4-5,7H,1,3,6,12H2,2H3/b9-5+/t7-/m1/s1. The average Bonchev–Trinajstić information content (AvgIpc) is 2.35. The Morgan fingerprint density at radius 3 is 2.53 bits per heavy atom. The molecule has 15 heavy (non-hydrogen) atoms. The van der Waals surface area contributed by atoms with Gasteiger partial charge in [0.25, 0.3) is 11.8 Å². The average molecular weight is 206 g/mol. The molecule has 4 nitrogen and oxygen atoms in total. The quantitative estimate of drug-likeness (QED) is 0.536. The van der Waals surface area contributed by atoms with Gasteiger partial charge in [-0.15, -0.1) is 0 Å². The fourth-order valence-corrected chi connectivity index (χ4v) is 1.39. The highest BCUT2D eigenvalue weighted by atomic mass is 16.2. The van der Waals surface area contributed by atoms with E-state index in [-0.39, 0.29) is 30.0 Å². The van der Waals surface area contributed by atoms with Crippen LogP contribution < -0.4 is 5.73 Å². The second-order valence-electron chi connectivity index (χ2n) is 3.49. The fourth-order valence-electron chi connectivity index (χ4n) is 1.39. The van der Waals surface area contributed by atoms with Crippen LogP contribution in [0.25, 0.3) is 0 Å². The Labute approximate surface area is 88.7 Å². The second kappa shape index (κ2) is 4.23. The molecule has 4 heteroatoms. The number of rotatable bonds is 3. The summed E-state index contributed by atoms with van der Waals surface area (Å²) in [5.41, 5.74) is 6.06. The van der Waals surface area contributed by atoms with Gasteiger partial charge >= 0.3 is 0 Å². The summed E-state index contributed by atoms with van der Waals surface area (Å²) in [5.74, 6) is -0.715.